The van der Waals surface area contributed by atoms with E-state index in [2.05, 4.69) is 5.32 Å². The number of hydrogen-bond donors (Lipinski definition) is 1. The van der Waals surface area contributed by atoms with Gasteiger partial charge in [0, 0.05) is 0 Å². The molecule has 0 spiro atoms. The van der Waals surface area contributed by atoms with Gasteiger partial charge in [-0.25, -0.2) is 8.78 Å². The van der Waals surface area contributed by atoms with Gasteiger partial charge in [0.2, 0.25) is 11.8 Å². The number of nitrogens with zero attached hydrogens (tertiary/aromatic N) is 1. The standard InChI is InChI=1S/C12H20F2N2O2/c1-4-9-11(17)15-8(5-7(2)3)12(18)16(9)6-10(13)14/h7-10H,4-6H2,1-3H3,(H,15,17). The minimum Gasteiger partial charge on any atom is -0.342 e. The van der Waals surface area contributed by atoms with E-state index >= 15 is 0 Å². The first-order valence-corrected chi connectivity index (χ1v) is 6.25. The van der Waals surface area contributed by atoms with Crippen molar-refractivity contribution in [3.05, 3.63) is 0 Å². The predicted octanol–water partition coefficient (Wildman–Crippen LogP) is 1.40. The molecule has 1 fully saturated rings. The number of hydrogen-bond acceptors (Lipinski definition) is 2. The minimum absolute atomic E-state index is 0.214. The van der Waals surface area contributed by atoms with E-state index in [0.717, 1.165) is 4.90 Å². The molecule has 0 saturated carbocycles. The molecule has 0 aromatic heterocycles. The van der Waals surface area contributed by atoms with Crippen molar-refractivity contribution in [1.82, 2.24) is 10.2 Å². The molecule has 1 aliphatic heterocycles. The van der Waals surface area contributed by atoms with Crippen molar-refractivity contribution >= 4 is 11.8 Å². The summed E-state index contributed by atoms with van der Waals surface area (Å²) in [4.78, 5) is 24.9. The Balaban J connectivity index is 2.86. The first-order valence-electron chi connectivity index (χ1n) is 6.25. The minimum atomic E-state index is -2.62. The van der Waals surface area contributed by atoms with Gasteiger partial charge in [-0.05, 0) is 18.8 Å². The number of amides is 2. The first kappa shape index (κ1) is 14.9. The SMILES string of the molecule is CCC1C(=O)NC(CC(C)C)C(=O)N1CC(F)F. The van der Waals surface area contributed by atoms with Gasteiger partial charge in [0.15, 0.2) is 0 Å². The second kappa shape index (κ2) is 6.11. The molecule has 1 rings (SSSR count). The van der Waals surface area contributed by atoms with Gasteiger partial charge < -0.3 is 10.2 Å². The number of carbonyl (C=O) groups is 2. The van der Waals surface area contributed by atoms with Crippen molar-refractivity contribution in [1.29, 1.82) is 0 Å². The Hall–Kier alpha value is -1.20. The molecule has 0 aliphatic carbocycles. The Morgan fingerprint density at radius 3 is 2.39 bits per heavy atom. The average molecular weight is 262 g/mol. The Bertz CT molecular complexity index is 321. The number of rotatable bonds is 5. The molecule has 2 unspecified atom stereocenters. The Morgan fingerprint density at radius 2 is 1.94 bits per heavy atom. The maximum atomic E-state index is 12.5. The van der Waals surface area contributed by atoms with E-state index in [9.17, 15) is 18.4 Å². The fraction of sp³-hybridized carbons (Fsp3) is 0.833. The van der Waals surface area contributed by atoms with Crippen LogP contribution in [0.3, 0.4) is 0 Å². The van der Waals surface area contributed by atoms with Crippen LogP contribution in [0.1, 0.15) is 33.6 Å². The summed E-state index contributed by atoms with van der Waals surface area (Å²) in [7, 11) is 0. The van der Waals surface area contributed by atoms with E-state index in [1.807, 2.05) is 13.8 Å². The molecule has 2 amide bonds. The normalized spacial score (nSPS) is 24.9. The van der Waals surface area contributed by atoms with Gasteiger partial charge in [-0.3, -0.25) is 9.59 Å². The molecular formula is C12H20F2N2O2. The van der Waals surface area contributed by atoms with E-state index in [-0.39, 0.29) is 11.8 Å². The van der Waals surface area contributed by atoms with E-state index < -0.39 is 31.0 Å². The quantitative estimate of drug-likeness (QED) is 0.814. The molecule has 1 heterocycles. The third kappa shape index (κ3) is 3.40. The van der Waals surface area contributed by atoms with Crippen LogP contribution in [-0.2, 0) is 9.59 Å². The molecule has 18 heavy (non-hydrogen) atoms. The fourth-order valence-corrected chi connectivity index (χ4v) is 2.23. The van der Waals surface area contributed by atoms with Crippen LogP contribution in [0, 0.1) is 5.92 Å². The summed E-state index contributed by atoms with van der Waals surface area (Å²) in [6.45, 7) is 4.88. The largest absolute Gasteiger partial charge is 0.342 e. The van der Waals surface area contributed by atoms with E-state index in [0.29, 0.717) is 12.8 Å². The molecule has 0 aromatic carbocycles. The predicted molar refractivity (Wildman–Crippen MR) is 63.2 cm³/mol. The van der Waals surface area contributed by atoms with Crippen LogP contribution in [-0.4, -0.2) is 41.8 Å². The topological polar surface area (TPSA) is 49.4 Å². The molecular weight excluding hydrogens is 242 g/mol. The fourth-order valence-electron chi connectivity index (χ4n) is 2.23. The molecule has 0 radical (unpaired) electrons. The Labute approximate surface area is 106 Å². The van der Waals surface area contributed by atoms with Crippen molar-refractivity contribution in [2.45, 2.75) is 52.1 Å². The van der Waals surface area contributed by atoms with Crippen LogP contribution >= 0.6 is 0 Å². The molecule has 2 atom stereocenters. The van der Waals surface area contributed by atoms with Gasteiger partial charge in [0.1, 0.15) is 12.1 Å². The Morgan fingerprint density at radius 1 is 1.33 bits per heavy atom. The molecule has 1 saturated heterocycles. The van der Waals surface area contributed by atoms with Crippen LogP contribution in [0.25, 0.3) is 0 Å². The summed E-state index contributed by atoms with van der Waals surface area (Å²) in [5, 5.41) is 2.63. The smallest absolute Gasteiger partial charge is 0.255 e. The van der Waals surface area contributed by atoms with E-state index in [1.54, 1.807) is 6.92 Å². The third-order valence-electron chi connectivity index (χ3n) is 3.01. The number of halogens is 2. The summed E-state index contributed by atoms with van der Waals surface area (Å²) < 4.78 is 25.0. The summed E-state index contributed by atoms with van der Waals surface area (Å²) in [5.74, 6) is -0.510. The van der Waals surface area contributed by atoms with Crippen molar-refractivity contribution in [2.24, 2.45) is 5.92 Å². The van der Waals surface area contributed by atoms with Crippen LogP contribution in [0.15, 0.2) is 0 Å². The van der Waals surface area contributed by atoms with Gasteiger partial charge in [-0.15, -0.1) is 0 Å². The van der Waals surface area contributed by atoms with Gasteiger partial charge in [-0.2, -0.15) is 0 Å². The van der Waals surface area contributed by atoms with Crippen LogP contribution in [0.4, 0.5) is 8.78 Å². The molecule has 1 N–H and O–H groups in total. The zero-order valence-corrected chi connectivity index (χ0v) is 11.0. The molecule has 104 valence electrons. The summed E-state index contributed by atoms with van der Waals surface area (Å²) in [6, 6.07) is -1.44. The van der Waals surface area contributed by atoms with Crippen LogP contribution < -0.4 is 5.32 Å². The van der Waals surface area contributed by atoms with Crippen molar-refractivity contribution in [2.75, 3.05) is 6.54 Å². The zero-order valence-electron chi connectivity index (χ0n) is 11.0. The number of carbonyl (C=O) groups excluding carboxylic acids is 2. The summed E-state index contributed by atoms with van der Waals surface area (Å²) in [6.07, 6.45) is -1.80. The number of alkyl halides is 2. The summed E-state index contributed by atoms with van der Waals surface area (Å²) >= 11 is 0. The lowest BCUT2D eigenvalue weighted by Crippen LogP contribution is -2.64. The molecule has 1 aliphatic rings. The first-order chi connectivity index (χ1) is 8.36. The lowest BCUT2D eigenvalue weighted by Gasteiger charge is -2.38. The monoisotopic (exact) mass is 262 g/mol. The second-order valence-corrected chi connectivity index (χ2v) is 5.00. The molecule has 4 nitrogen and oxygen atoms in total. The highest BCUT2D eigenvalue weighted by Crippen LogP contribution is 2.18. The average Bonchev–Trinajstić information content (AvgIpc) is 2.24. The van der Waals surface area contributed by atoms with Gasteiger partial charge in [-0.1, -0.05) is 20.8 Å². The molecule has 0 aromatic rings. The van der Waals surface area contributed by atoms with Crippen molar-refractivity contribution in [3.8, 4) is 0 Å². The zero-order chi connectivity index (χ0) is 13.9. The lowest BCUT2D eigenvalue weighted by atomic mass is 9.97. The highest BCUT2D eigenvalue weighted by Gasteiger charge is 2.40. The number of piperazine rings is 1. The molecule has 0 bridgehead atoms. The Kier molecular flexibility index (Phi) is 5.04. The van der Waals surface area contributed by atoms with Crippen molar-refractivity contribution in [3.63, 3.8) is 0 Å². The van der Waals surface area contributed by atoms with Crippen molar-refractivity contribution < 1.29 is 18.4 Å². The third-order valence-corrected chi connectivity index (χ3v) is 3.01. The van der Waals surface area contributed by atoms with E-state index in [4.69, 9.17) is 0 Å². The van der Waals surface area contributed by atoms with Gasteiger partial charge in [0.25, 0.3) is 6.43 Å². The van der Waals surface area contributed by atoms with Gasteiger partial charge >= 0.3 is 0 Å². The highest BCUT2D eigenvalue weighted by atomic mass is 19.3. The lowest BCUT2D eigenvalue weighted by molar-refractivity contribution is -0.152. The highest BCUT2D eigenvalue weighted by molar-refractivity contribution is 5.96. The summed E-state index contributed by atoms with van der Waals surface area (Å²) in [5.41, 5.74) is 0. The van der Waals surface area contributed by atoms with Crippen LogP contribution in [0.5, 0.6) is 0 Å². The second-order valence-electron chi connectivity index (χ2n) is 5.00. The maximum absolute atomic E-state index is 12.5. The van der Waals surface area contributed by atoms with Gasteiger partial charge in [0.05, 0.1) is 6.54 Å². The van der Waals surface area contributed by atoms with Crippen LogP contribution in [0.2, 0.25) is 0 Å². The number of nitrogens with one attached hydrogen (secondary N) is 1. The maximum Gasteiger partial charge on any atom is 0.255 e. The van der Waals surface area contributed by atoms with E-state index in [1.165, 1.54) is 0 Å². The molecule has 6 heteroatoms.